The van der Waals surface area contributed by atoms with E-state index in [9.17, 15) is 0 Å². The number of imidazole rings is 1. The van der Waals surface area contributed by atoms with E-state index in [-0.39, 0.29) is 6.04 Å². The van der Waals surface area contributed by atoms with Crippen molar-refractivity contribution in [2.24, 2.45) is 12.9 Å². The van der Waals surface area contributed by atoms with Gasteiger partial charge in [0.2, 0.25) is 0 Å². The summed E-state index contributed by atoms with van der Waals surface area (Å²) in [4.78, 5) is 7.28. The molecule has 0 saturated carbocycles. The van der Waals surface area contributed by atoms with Crippen LogP contribution in [0.1, 0.15) is 40.0 Å². The molecule has 3 N–H and O–H groups in total. The number of hydrazine groups is 1. The number of fused-ring (bicyclic) bond motifs is 1. The van der Waals surface area contributed by atoms with Crippen LogP contribution in [-0.4, -0.2) is 9.55 Å². The Morgan fingerprint density at radius 2 is 2.32 bits per heavy atom. The molecule has 1 unspecified atom stereocenters. The molecule has 1 aliphatic rings. The molecule has 19 heavy (non-hydrogen) atoms. The predicted molar refractivity (Wildman–Crippen MR) is 77.9 cm³/mol. The van der Waals surface area contributed by atoms with Crippen molar-refractivity contribution in [2.75, 3.05) is 0 Å². The lowest BCUT2D eigenvalue weighted by Crippen LogP contribution is -2.29. The molecule has 0 fully saturated rings. The summed E-state index contributed by atoms with van der Waals surface area (Å²) in [5.41, 5.74) is 4.48. The van der Waals surface area contributed by atoms with Crippen molar-refractivity contribution < 1.29 is 0 Å². The van der Waals surface area contributed by atoms with Crippen LogP contribution in [0.2, 0.25) is 0 Å². The molecule has 0 amide bonds. The number of hydrogen-bond donors (Lipinski definition) is 2. The molecule has 4 nitrogen and oxygen atoms in total. The first-order valence-electron chi connectivity index (χ1n) is 6.81. The molecule has 102 valence electrons. The zero-order valence-corrected chi connectivity index (χ0v) is 12.0. The topological polar surface area (TPSA) is 55.9 Å². The van der Waals surface area contributed by atoms with Gasteiger partial charge in [-0.3, -0.25) is 11.3 Å². The number of rotatable bonds is 4. The van der Waals surface area contributed by atoms with Gasteiger partial charge in [0.25, 0.3) is 0 Å². The number of aromatic nitrogens is 2. The first-order chi connectivity index (χ1) is 9.28. The van der Waals surface area contributed by atoms with Crippen LogP contribution in [0.5, 0.6) is 0 Å². The summed E-state index contributed by atoms with van der Waals surface area (Å²) in [6.07, 6.45) is 9.76. The lowest BCUT2D eigenvalue weighted by molar-refractivity contribution is 0.537. The number of aryl methyl sites for hydroxylation is 3. The number of nitrogens with one attached hydrogen (secondary N) is 1. The van der Waals surface area contributed by atoms with Crippen LogP contribution in [0, 0.1) is 0 Å². The van der Waals surface area contributed by atoms with E-state index in [2.05, 4.69) is 21.0 Å². The zero-order chi connectivity index (χ0) is 13.2. The van der Waals surface area contributed by atoms with Crippen LogP contribution in [0.15, 0.2) is 18.5 Å². The van der Waals surface area contributed by atoms with Gasteiger partial charge in [0.1, 0.15) is 5.82 Å². The van der Waals surface area contributed by atoms with E-state index in [1.807, 2.05) is 30.8 Å². The van der Waals surface area contributed by atoms with Gasteiger partial charge in [0.05, 0.1) is 6.04 Å². The molecule has 2 heterocycles. The fraction of sp³-hybridized carbons (Fsp3) is 0.500. The smallest absolute Gasteiger partial charge is 0.110 e. The normalized spacial score (nSPS) is 16.3. The van der Waals surface area contributed by atoms with Crippen LogP contribution in [-0.2, 0) is 26.3 Å². The third-order valence-electron chi connectivity index (χ3n) is 3.87. The summed E-state index contributed by atoms with van der Waals surface area (Å²) in [6.45, 7) is 0. The highest BCUT2D eigenvalue weighted by atomic mass is 32.1. The van der Waals surface area contributed by atoms with Gasteiger partial charge in [0.15, 0.2) is 0 Å². The first kappa shape index (κ1) is 12.8. The number of nitrogens with zero attached hydrogens (tertiary/aromatic N) is 2. The van der Waals surface area contributed by atoms with Gasteiger partial charge >= 0.3 is 0 Å². The van der Waals surface area contributed by atoms with E-state index >= 15 is 0 Å². The van der Waals surface area contributed by atoms with E-state index in [0.29, 0.717) is 0 Å². The van der Waals surface area contributed by atoms with Gasteiger partial charge in [-0.15, -0.1) is 11.3 Å². The Labute approximate surface area is 117 Å². The van der Waals surface area contributed by atoms with Gasteiger partial charge in [-0.05, 0) is 37.3 Å². The second kappa shape index (κ2) is 5.45. The Kier molecular flexibility index (Phi) is 3.68. The third-order valence-corrected chi connectivity index (χ3v) is 5.22. The van der Waals surface area contributed by atoms with Crippen molar-refractivity contribution in [3.8, 4) is 0 Å². The Hall–Kier alpha value is -1.17. The van der Waals surface area contributed by atoms with Crippen molar-refractivity contribution in [3.05, 3.63) is 39.6 Å². The van der Waals surface area contributed by atoms with Gasteiger partial charge in [0, 0.05) is 35.6 Å². The molecular weight excluding hydrogens is 256 g/mol. The third kappa shape index (κ3) is 2.59. The standard InChI is InChI=1S/C14H20N4S/c1-18-7-6-16-14(18)9-11(17-15)13-8-10-4-2-3-5-12(10)19-13/h6-8,11,17H,2-5,9,15H2,1H3. The molecule has 1 atom stereocenters. The van der Waals surface area contributed by atoms with Crippen LogP contribution in [0.3, 0.4) is 0 Å². The fourth-order valence-electron chi connectivity index (χ4n) is 2.70. The van der Waals surface area contributed by atoms with Crippen molar-refractivity contribution >= 4 is 11.3 Å². The van der Waals surface area contributed by atoms with E-state index in [4.69, 9.17) is 5.84 Å². The summed E-state index contributed by atoms with van der Waals surface area (Å²) in [6, 6.07) is 2.50. The molecule has 2 aromatic rings. The second-order valence-corrected chi connectivity index (χ2v) is 6.35. The number of nitrogens with two attached hydrogens (primary N) is 1. The fourth-order valence-corrected chi connectivity index (χ4v) is 4.02. The summed E-state index contributed by atoms with van der Waals surface area (Å²) >= 11 is 1.92. The summed E-state index contributed by atoms with van der Waals surface area (Å²) < 4.78 is 2.05. The predicted octanol–water partition coefficient (Wildman–Crippen LogP) is 2.11. The average Bonchev–Trinajstić information content (AvgIpc) is 3.02. The van der Waals surface area contributed by atoms with Gasteiger partial charge in [-0.2, -0.15) is 0 Å². The molecular formula is C14H20N4S. The van der Waals surface area contributed by atoms with Gasteiger partial charge in [-0.25, -0.2) is 4.98 Å². The summed E-state index contributed by atoms with van der Waals surface area (Å²) in [7, 11) is 2.02. The maximum absolute atomic E-state index is 5.75. The Bertz CT molecular complexity index is 534. The van der Waals surface area contributed by atoms with Crippen LogP contribution in [0.4, 0.5) is 0 Å². The SMILES string of the molecule is Cn1ccnc1CC(NN)c1cc2c(s1)CCCC2. The molecule has 5 heteroatoms. The largest absolute Gasteiger partial charge is 0.338 e. The maximum atomic E-state index is 5.75. The van der Waals surface area contributed by atoms with Crippen molar-refractivity contribution in [3.63, 3.8) is 0 Å². The van der Waals surface area contributed by atoms with E-state index < -0.39 is 0 Å². The van der Waals surface area contributed by atoms with Crippen molar-refractivity contribution in [1.82, 2.24) is 15.0 Å². The molecule has 0 aliphatic heterocycles. The quantitative estimate of drug-likeness (QED) is 0.664. The van der Waals surface area contributed by atoms with Gasteiger partial charge < -0.3 is 4.57 Å². The molecule has 0 saturated heterocycles. The monoisotopic (exact) mass is 276 g/mol. The van der Waals surface area contributed by atoms with Crippen molar-refractivity contribution in [1.29, 1.82) is 0 Å². The van der Waals surface area contributed by atoms with E-state index in [0.717, 1.165) is 12.2 Å². The molecule has 0 aromatic carbocycles. The Morgan fingerprint density at radius 3 is 3.00 bits per heavy atom. The summed E-state index contributed by atoms with van der Waals surface area (Å²) in [5.74, 6) is 6.81. The Balaban J connectivity index is 1.82. The van der Waals surface area contributed by atoms with E-state index in [1.165, 1.54) is 36.1 Å². The minimum Gasteiger partial charge on any atom is -0.338 e. The summed E-state index contributed by atoms with van der Waals surface area (Å²) in [5, 5.41) is 0. The highest BCUT2D eigenvalue weighted by Gasteiger charge is 2.19. The van der Waals surface area contributed by atoms with Crippen LogP contribution < -0.4 is 11.3 Å². The van der Waals surface area contributed by atoms with Gasteiger partial charge in [-0.1, -0.05) is 0 Å². The molecule has 0 spiro atoms. The van der Waals surface area contributed by atoms with E-state index in [1.54, 1.807) is 4.88 Å². The minimum absolute atomic E-state index is 0.164. The number of hydrogen-bond acceptors (Lipinski definition) is 4. The minimum atomic E-state index is 0.164. The number of thiophene rings is 1. The lowest BCUT2D eigenvalue weighted by Gasteiger charge is -2.13. The lowest BCUT2D eigenvalue weighted by atomic mass is 9.98. The molecule has 3 rings (SSSR count). The first-order valence-corrected chi connectivity index (χ1v) is 7.63. The van der Waals surface area contributed by atoms with Crippen molar-refractivity contribution in [2.45, 2.75) is 38.1 Å². The molecule has 0 radical (unpaired) electrons. The second-order valence-electron chi connectivity index (χ2n) is 5.18. The van der Waals surface area contributed by atoms with Crippen LogP contribution >= 0.6 is 11.3 Å². The molecule has 1 aliphatic carbocycles. The maximum Gasteiger partial charge on any atom is 0.110 e. The van der Waals surface area contributed by atoms with Crippen LogP contribution in [0.25, 0.3) is 0 Å². The zero-order valence-electron chi connectivity index (χ0n) is 11.2. The highest BCUT2D eigenvalue weighted by Crippen LogP contribution is 2.33. The Morgan fingerprint density at radius 1 is 1.47 bits per heavy atom. The molecule has 0 bridgehead atoms. The average molecular weight is 276 g/mol. The highest BCUT2D eigenvalue weighted by molar-refractivity contribution is 7.12. The molecule has 2 aromatic heterocycles.